The second-order valence-electron chi connectivity index (χ2n) is 7.07. The maximum absolute atomic E-state index is 12.7. The minimum absolute atomic E-state index is 0.172. The summed E-state index contributed by atoms with van der Waals surface area (Å²) in [5.41, 5.74) is 4.27. The summed E-state index contributed by atoms with van der Waals surface area (Å²) in [5.74, 6) is -0.140. The molecule has 3 rings (SSSR count). The van der Waals surface area contributed by atoms with Crippen LogP contribution in [0.1, 0.15) is 43.7 Å². The van der Waals surface area contributed by atoms with Gasteiger partial charge in [-0.1, -0.05) is 30.5 Å². The van der Waals surface area contributed by atoms with Crippen LogP contribution in [0.3, 0.4) is 0 Å². The molecule has 1 aliphatic rings. The second-order valence-corrected chi connectivity index (χ2v) is 7.93. The van der Waals surface area contributed by atoms with Gasteiger partial charge in [0, 0.05) is 17.9 Å². The number of anilines is 1. The zero-order valence-corrected chi connectivity index (χ0v) is 16.3. The van der Waals surface area contributed by atoms with E-state index in [0.29, 0.717) is 5.13 Å². The molecule has 138 valence electrons. The molecule has 0 bridgehead atoms. The Hall–Kier alpha value is -2.21. The quantitative estimate of drug-likeness (QED) is 0.832. The summed E-state index contributed by atoms with van der Waals surface area (Å²) < 4.78 is 0. The van der Waals surface area contributed by atoms with Gasteiger partial charge in [0.2, 0.25) is 11.8 Å². The monoisotopic (exact) mass is 371 g/mol. The lowest BCUT2D eigenvalue weighted by Crippen LogP contribution is -2.47. The van der Waals surface area contributed by atoms with Gasteiger partial charge in [0.05, 0.1) is 5.69 Å². The van der Waals surface area contributed by atoms with E-state index in [0.717, 1.165) is 42.5 Å². The van der Waals surface area contributed by atoms with E-state index in [1.165, 1.54) is 23.8 Å². The predicted molar refractivity (Wildman–Crippen MR) is 105 cm³/mol. The van der Waals surface area contributed by atoms with E-state index < -0.39 is 6.04 Å². The van der Waals surface area contributed by atoms with Crippen molar-refractivity contribution in [1.29, 1.82) is 0 Å². The predicted octanol–water partition coefficient (Wildman–Crippen LogP) is 4.06. The van der Waals surface area contributed by atoms with Crippen molar-refractivity contribution in [3.8, 4) is 11.3 Å². The van der Waals surface area contributed by atoms with Crippen LogP contribution in [0.2, 0.25) is 0 Å². The lowest BCUT2D eigenvalue weighted by atomic mass is 9.97. The zero-order valence-electron chi connectivity index (χ0n) is 15.5. The number of hydrogen-bond acceptors (Lipinski definition) is 4. The van der Waals surface area contributed by atoms with Gasteiger partial charge in [-0.05, 0) is 44.2 Å². The number of hydrogen-bond donors (Lipinski definition) is 2. The van der Waals surface area contributed by atoms with E-state index in [1.807, 2.05) is 5.38 Å². The van der Waals surface area contributed by atoms with Crippen LogP contribution in [0.15, 0.2) is 23.6 Å². The third-order valence-electron chi connectivity index (χ3n) is 4.92. The van der Waals surface area contributed by atoms with E-state index >= 15 is 0 Å². The average molecular weight is 372 g/mol. The van der Waals surface area contributed by atoms with Gasteiger partial charge in [0.1, 0.15) is 6.04 Å². The Morgan fingerprint density at radius 2 is 1.96 bits per heavy atom. The molecule has 2 aromatic rings. The Bertz CT molecular complexity index is 809. The maximum Gasteiger partial charge on any atom is 0.249 e. The van der Waals surface area contributed by atoms with Crippen molar-refractivity contribution in [2.24, 2.45) is 5.92 Å². The Morgan fingerprint density at radius 1 is 1.23 bits per heavy atom. The normalized spacial score (nSPS) is 15.7. The number of thiazole rings is 1. The molecule has 1 atom stereocenters. The van der Waals surface area contributed by atoms with E-state index in [4.69, 9.17) is 0 Å². The maximum atomic E-state index is 12.7. The van der Waals surface area contributed by atoms with Crippen molar-refractivity contribution < 1.29 is 9.59 Å². The molecular weight excluding hydrogens is 346 g/mol. The van der Waals surface area contributed by atoms with Crippen LogP contribution in [0, 0.1) is 19.8 Å². The van der Waals surface area contributed by atoms with E-state index in [9.17, 15) is 9.59 Å². The summed E-state index contributed by atoms with van der Waals surface area (Å²) in [6.07, 6.45) is 4.18. The average Bonchev–Trinajstić information content (AvgIpc) is 3.26. The summed E-state index contributed by atoms with van der Waals surface area (Å²) in [5, 5.41) is 8.25. The molecule has 1 aromatic heterocycles. The molecule has 26 heavy (non-hydrogen) atoms. The molecule has 2 N–H and O–H groups in total. The highest BCUT2D eigenvalue weighted by molar-refractivity contribution is 7.14. The fourth-order valence-corrected chi connectivity index (χ4v) is 4.27. The van der Waals surface area contributed by atoms with Crippen molar-refractivity contribution in [2.45, 2.75) is 52.5 Å². The molecule has 0 radical (unpaired) electrons. The third-order valence-corrected chi connectivity index (χ3v) is 5.67. The van der Waals surface area contributed by atoms with E-state index in [-0.39, 0.29) is 17.7 Å². The minimum atomic E-state index is -0.483. The van der Waals surface area contributed by atoms with Crippen LogP contribution in [0.4, 0.5) is 5.13 Å². The molecule has 1 saturated carbocycles. The van der Waals surface area contributed by atoms with Crippen molar-refractivity contribution in [1.82, 2.24) is 10.3 Å². The first-order valence-electron chi connectivity index (χ1n) is 9.05. The molecule has 0 spiro atoms. The molecule has 1 aromatic carbocycles. The van der Waals surface area contributed by atoms with Crippen molar-refractivity contribution >= 4 is 28.3 Å². The van der Waals surface area contributed by atoms with E-state index in [1.54, 1.807) is 0 Å². The van der Waals surface area contributed by atoms with Crippen LogP contribution < -0.4 is 10.6 Å². The molecule has 0 aliphatic heterocycles. The van der Waals surface area contributed by atoms with Gasteiger partial charge in [-0.3, -0.25) is 9.59 Å². The van der Waals surface area contributed by atoms with Crippen LogP contribution >= 0.6 is 11.3 Å². The van der Waals surface area contributed by atoms with Gasteiger partial charge in [-0.2, -0.15) is 0 Å². The summed E-state index contributed by atoms with van der Waals surface area (Å²) >= 11 is 1.41. The summed E-state index contributed by atoms with van der Waals surface area (Å²) in [6.45, 7) is 5.56. The van der Waals surface area contributed by atoms with Gasteiger partial charge >= 0.3 is 0 Å². The molecule has 6 heteroatoms. The highest BCUT2D eigenvalue weighted by Crippen LogP contribution is 2.30. The fraction of sp³-hybridized carbons (Fsp3) is 0.450. The lowest BCUT2D eigenvalue weighted by Gasteiger charge is -2.22. The molecule has 1 fully saturated rings. The highest BCUT2D eigenvalue weighted by atomic mass is 32.1. The summed E-state index contributed by atoms with van der Waals surface area (Å²) in [6, 6.07) is 5.78. The number of nitrogens with zero attached hydrogens (tertiary/aromatic N) is 1. The number of aryl methyl sites for hydroxylation is 2. The minimum Gasteiger partial charge on any atom is -0.344 e. The number of benzene rings is 1. The smallest absolute Gasteiger partial charge is 0.249 e. The van der Waals surface area contributed by atoms with Crippen molar-refractivity contribution in [3.63, 3.8) is 0 Å². The lowest BCUT2D eigenvalue weighted by molar-refractivity contribution is -0.126. The number of aromatic nitrogens is 1. The van der Waals surface area contributed by atoms with Gasteiger partial charge in [0.15, 0.2) is 5.13 Å². The molecular formula is C20H25N3O2S. The SMILES string of the molecule is CC(=O)N[C@@H](C(=O)Nc1nc(-c2cc(C)ccc2C)cs1)C1CCCC1. The molecule has 2 amide bonds. The molecule has 0 saturated heterocycles. The number of amides is 2. The Kier molecular flexibility index (Phi) is 5.71. The Balaban J connectivity index is 1.75. The standard InChI is InChI=1S/C20H25N3O2S/c1-12-8-9-13(2)16(10-12)17-11-26-20(22-17)23-19(25)18(21-14(3)24)15-6-4-5-7-15/h8-11,15,18H,4-7H2,1-3H3,(H,21,24)(H,22,23,25)/t18-/m1/s1. The number of nitrogens with one attached hydrogen (secondary N) is 2. The van der Waals surface area contributed by atoms with Crippen molar-refractivity contribution in [2.75, 3.05) is 5.32 Å². The van der Waals surface area contributed by atoms with Crippen molar-refractivity contribution in [3.05, 3.63) is 34.7 Å². The Labute approximate surface area is 158 Å². The van der Waals surface area contributed by atoms with Crippen LogP contribution in [-0.2, 0) is 9.59 Å². The highest BCUT2D eigenvalue weighted by Gasteiger charge is 2.31. The number of carbonyl (C=O) groups is 2. The summed E-state index contributed by atoms with van der Waals surface area (Å²) in [4.78, 5) is 28.8. The molecule has 5 nitrogen and oxygen atoms in total. The third kappa shape index (κ3) is 4.30. The van der Waals surface area contributed by atoms with Crippen LogP contribution in [0.25, 0.3) is 11.3 Å². The largest absolute Gasteiger partial charge is 0.344 e. The molecule has 1 heterocycles. The fourth-order valence-electron chi connectivity index (χ4n) is 3.56. The summed E-state index contributed by atoms with van der Waals surface area (Å²) in [7, 11) is 0. The number of rotatable bonds is 5. The van der Waals surface area contributed by atoms with Gasteiger partial charge < -0.3 is 10.6 Å². The first-order chi connectivity index (χ1) is 12.4. The first-order valence-corrected chi connectivity index (χ1v) is 9.93. The molecule has 1 aliphatic carbocycles. The van der Waals surface area contributed by atoms with Crippen LogP contribution in [-0.4, -0.2) is 22.8 Å². The van der Waals surface area contributed by atoms with Gasteiger partial charge in [-0.15, -0.1) is 11.3 Å². The van der Waals surface area contributed by atoms with Gasteiger partial charge in [0.25, 0.3) is 0 Å². The zero-order chi connectivity index (χ0) is 18.7. The topological polar surface area (TPSA) is 71.1 Å². The Morgan fingerprint density at radius 3 is 2.65 bits per heavy atom. The van der Waals surface area contributed by atoms with Gasteiger partial charge in [-0.25, -0.2) is 4.98 Å². The molecule has 0 unspecified atom stereocenters. The number of carbonyl (C=O) groups excluding carboxylic acids is 2. The van der Waals surface area contributed by atoms with E-state index in [2.05, 4.69) is 47.7 Å². The second kappa shape index (κ2) is 7.99. The first kappa shape index (κ1) is 18.6. The van der Waals surface area contributed by atoms with Crippen LogP contribution in [0.5, 0.6) is 0 Å².